The first-order valence-electron chi connectivity index (χ1n) is 5.69. The van der Waals surface area contributed by atoms with Gasteiger partial charge in [-0.15, -0.1) is 0 Å². The third-order valence-corrected chi connectivity index (χ3v) is 2.53. The fourth-order valence-corrected chi connectivity index (χ4v) is 1.62. The molecule has 84 valence electrons. The third kappa shape index (κ3) is 2.96. The van der Waals surface area contributed by atoms with Gasteiger partial charge in [0.15, 0.2) is 0 Å². The average Bonchev–Trinajstić information content (AvgIpc) is 2.90. The zero-order valence-corrected chi connectivity index (χ0v) is 9.44. The summed E-state index contributed by atoms with van der Waals surface area (Å²) < 4.78 is 7.64. The standard InChI is InChI=1S/C11H19N3O/c1-3-15-9(2)8-14-7-6-12-11(14)13-10-4-5-10/h6-7,9-10H,3-5,8H2,1-2H3,(H,12,13). The maximum absolute atomic E-state index is 5.51. The molecule has 4 nitrogen and oxygen atoms in total. The lowest BCUT2D eigenvalue weighted by atomic mass is 10.4. The number of aromatic nitrogens is 2. The number of hydrogen-bond donors (Lipinski definition) is 1. The topological polar surface area (TPSA) is 39.1 Å². The molecule has 0 saturated heterocycles. The van der Waals surface area contributed by atoms with Crippen LogP contribution in [0, 0.1) is 0 Å². The average molecular weight is 209 g/mol. The molecule has 4 heteroatoms. The Kier molecular flexibility index (Phi) is 3.26. The van der Waals surface area contributed by atoms with Crippen LogP contribution in [0.2, 0.25) is 0 Å². The Bertz CT molecular complexity index is 307. The van der Waals surface area contributed by atoms with Crippen LogP contribution >= 0.6 is 0 Å². The molecule has 0 spiro atoms. The molecule has 0 amide bonds. The zero-order chi connectivity index (χ0) is 10.7. The summed E-state index contributed by atoms with van der Waals surface area (Å²) in [4.78, 5) is 4.31. The summed E-state index contributed by atoms with van der Waals surface area (Å²) in [7, 11) is 0. The molecular formula is C11H19N3O. The highest BCUT2D eigenvalue weighted by Crippen LogP contribution is 2.23. The Hall–Kier alpha value is -1.03. The van der Waals surface area contributed by atoms with Gasteiger partial charge >= 0.3 is 0 Å². The first kappa shape index (κ1) is 10.5. The first-order valence-corrected chi connectivity index (χ1v) is 5.69. The van der Waals surface area contributed by atoms with E-state index in [2.05, 4.69) is 21.8 Å². The van der Waals surface area contributed by atoms with E-state index in [0.29, 0.717) is 6.04 Å². The normalized spacial score (nSPS) is 17.7. The largest absolute Gasteiger partial charge is 0.377 e. The molecule has 0 bridgehead atoms. The lowest BCUT2D eigenvalue weighted by molar-refractivity contribution is 0.0644. The quantitative estimate of drug-likeness (QED) is 0.777. The molecule has 1 aliphatic carbocycles. The summed E-state index contributed by atoms with van der Waals surface area (Å²) in [6.07, 6.45) is 6.62. The van der Waals surface area contributed by atoms with Crippen LogP contribution in [0.1, 0.15) is 26.7 Å². The van der Waals surface area contributed by atoms with E-state index in [9.17, 15) is 0 Å². The predicted octanol–water partition coefficient (Wildman–Crippen LogP) is 1.88. The number of hydrogen-bond acceptors (Lipinski definition) is 3. The van der Waals surface area contributed by atoms with Crippen LogP contribution in [0.3, 0.4) is 0 Å². The zero-order valence-electron chi connectivity index (χ0n) is 9.44. The van der Waals surface area contributed by atoms with E-state index in [1.54, 1.807) is 0 Å². The summed E-state index contributed by atoms with van der Waals surface area (Å²) in [6.45, 7) is 5.74. The van der Waals surface area contributed by atoms with Gasteiger partial charge in [0.05, 0.1) is 12.6 Å². The van der Waals surface area contributed by atoms with Crippen molar-refractivity contribution < 1.29 is 4.74 Å². The third-order valence-electron chi connectivity index (χ3n) is 2.53. The van der Waals surface area contributed by atoms with Gasteiger partial charge in [-0.25, -0.2) is 4.98 Å². The van der Waals surface area contributed by atoms with Crippen LogP contribution < -0.4 is 5.32 Å². The second-order valence-electron chi connectivity index (χ2n) is 4.09. The van der Waals surface area contributed by atoms with Crippen molar-refractivity contribution in [2.24, 2.45) is 0 Å². The molecule has 1 aromatic rings. The molecule has 1 N–H and O–H groups in total. The number of rotatable bonds is 6. The second-order valence-corrected chi connectivity index (χ2v) is 4.09. The van der Waals surface area contributed by atoms with Crippen LogP contribution in [0.4, 0.5) is 5.95 Å². The Labute approximate surface area is 90.6 Å². The smallest absolute Gasteiger partial charge is 0.203 e. The van der Waals surface area contributed by atoms with Crippen molar-refractivity contribution >= 4 is 5.95 Å². The second kappa shape index (κ2) is 4.66. The maximum Gasteiger partial charge on any atom is 0.203 e. The molecule has 1 heterocycles. The molecule has 1 unspecified atom stereocenters. The van der Waals surface area contributed by atoms with Crippen LogP contribution in [0.15, 0.2) is 12.4 Å². The van der Waals surface area contributed by atoms with Crippen molar-refractivity contribution in [1.29, 1.82) is 0 Å². The Morgan fingerprint density at radius 2 is 2.47 bits per heavy atom. The number of anilines is 1. The van der Waals surface area contributed by atoms with Crippen molar-refractivity contribution in [3.05, 3.63) is 12.4 Å². The number of imidazole rings is 1. The Balaban J connectivity index is 1.91. The highest BCUT2D eigenvalue weighted by atomic mass is 16.5. The van der Waals surface area contributed by atoms with E-state index in [1.807, 2.05) is 19.3 Å². The number of nitrogens with zero attached hydrogens (tertiary/aromatic N) is 2. The van der Waals surface area contributed by atoms with Gasteiger partial charge in [0, 0.05) is 25.0 Å². The van der Waals surface area contributed by atoms with Gasteiger partial charge in [-0.05, 0) is 26.7 Å². The van der Waals surface area contributed by atoms with Gasteiger partial charge in [-0.1, -0.05) is 0 Å². The molecule has 0 radical (unpaired) electrons. The van der Waals surface area contributed by atoms with Gasteiger partial charge in [-0.2, -0.15) is 0 Å². The molecule has 2 rings (SSSR count). The summed E-state index contributed by atoms with van der Waals surface area (Å²) in [5.74, 6) is 0.976. The van der Waals surface area contributed by atoms with E-state index < -0.39 is 0 Å². The molecule has 15 heavy (non-hydrogen) atoms. The molecule has 1 aliphatic rings. The van der Waals surface area contributed by atoms with E-state index in [1.165, 1.54) is 12.8 Å². The fraction of sp³-hybridized carbons (Fsp3) is 0.727. The summed E-state index contributed by atoms with van der Waals surface area (Å²) >= 11 is 0. The number of nitrogens with one attached hydrogen (secondary N) is 1. The molecule has 1 atom stereocenters. The minimum Gasteiger partial charge on any atom is -0.377 e. The molecular weight excluding hydrogens is 190 g/mol. The summed E-state index contributed by atoms with van der Waals surface area (Å²) in [6, 6.07) is 0.647. The van der Waals surface area contributed by atoms with Crippen molar-refractivity contribution in [2.45, 2.75) is 45.4 Å². The molecule has 1 fully saturated rings. The van der Waals surface area contributed by atoms with Gasteiger partial charge < -0.3 is 14.6 Å². The highest BCUT2D eigenvalue weighted by molar-refractivity contribution is 5.29. The minimum absolute atomic E-state index is 0.240. The Morgan fingerprint density at radius 3 is 3.13 bits per heavy atom. The van der Waals surface area contributed by atoms with Crippen molar-refractivity contribution in [2.75, 3.05) is 11.9 Å². The van der Waals surface area contributed by atoms with Gasteiger partial charge in [0.2, 0.25) is 5.95 Å². The number of ether oxygens (including phenoxy) is 1. The highest BCUT2D eigenvalue weighted by Gasteiger charge is 2.22. The van der Waals surface area contributed by atoms with E-state index in [4.69, 9.17) is 4.74 Å². The molecule has 0 aromatic carbocycles. The van der Waals surface area contributed by atoms with Gasteiger partial charge in [0.1, 0.15) is 0 Å². The lowest BCUT2D eigenvalue weighted by Gasteiger charge is -2.14. The summed E-state index contributed by atoms with van der Waals surface area (Å²) in [5, 5.41) is 3.41. The predicted molar refractivity (Wildman–Crippen MR) is 60.0 cm³/mol. The van der Waals surface area contributed by atoms with Crippen molar-refractivity contribution in [3.8, 4) is 0 Å². The van der Waals surface area contributed by atoms with Crippen LogP contribution in [0.5, 0.6) is 0 Å². The van der Waals surface area contributed by atoms with Gasteiger partial charge in [-0.3, -0.25) is 0 Å². The SMILES string of the molecule is CCOC(C)Cn1ccnc1NC1CC1. The van der Waals surface area contributed by atoms with Crippen molar-refractivity contribution in [3.63, 3.8) is 0 Å². The van der Waals surface area contributed by atoms with E-state index >= 15 is 0 Å². The van der Waals surface area contributed by atoms with Crippen molar-refractivity contribution in [1.82, 2.24) is 9.55 Å². The van der Waals surface area contributed by atoms with Crippen LogP contribution in [-0.2, 0) is 11.3 Å². The van der Waals surface area contributed by atoms with Crippen LogP contribution in [-0.4, -0.2) is 28.3 Å². The fourth-order valence-electron chi connectivity index (χ4n) is 1.62. The Morgan fingerprint density at radius 1 is 1.67 bits per heavy atom. The molecule has 1 aromatic heterocycles. The van der Waals surface area contributed by atoms with Gasteiger partial charge in [0.25, 0.3) is 0 Å². The van der Waals surface area contributed by atoms with E-state index in [0.717, 1.165) is 19.1 Å². The lowest BCUT2D eigenvalue weighted by Crippen LogP contribution is -2.18. The molecule has 1 saturated carbocycles. The first-order chi connectivity index (χ1) is 7.29. The molecule has 0 aliphatic heterocycles. The maximum atomic E-state index is 5.51. The summed E-state index contributed by atoms with van der Waals surface area (Å²) in [5.41, 5.74) is 0. The van der Waals surface area contributed by atoms with Crippen LogP contribution in [0.25, 0.3) is 0 Å². The minimum atomic E-state index is 0.240. The monoisotopic (exact) mass is 209 g/mol. The van der Waals surface area contributed by atoms with E-state index in [-0.39, 0.29) is 6.10 Å².